The van der Waals surface area contributed by atoms with Gasteiger partial charge in [-0.3, -0.25) is 9.35 Å². The van der Waals surface area contributed by atoms with Crippen LogP contribution in [-0.2, 0) is 14.9 Å². The summed E-state index contributed by atoms with van der Waals surface area (Å²) in [6.07, 6.45) is 0.843. The van der Waals surface area contributed by atoms with E-state index in [9.17, 15) is 13.2 Å². The van der Waals surface area contributed by atoms with Crippen molar-refractivity contribution in [3.63, 3.8) is 0 Å². The Balaban J connectivity index is 2.65. The second-order valence-corrected chi connectivity index (χ2v) is 6.53. The molecule has 0 aliphatic rings. The zero-order valence-corrected chi connectivity index (χ0v) is 12.8. The van der Waals surface area contributed by atoms with Crippen molar-refractivity contribution < 1.29 is 22.9 Å². The SMILES string of the molecule is Cc1ccc(N(CCCC(=O)O)CCCS(=O)(=O)O)cc1. The largest absolute Gasteiger partial charge is 0.481 e. The van der Waals surface area contributed by atoms with Crippen LogP contribution >= 0.6 is 0 Å². The molecule has 0 aliphatic heterocycles. The quantitative estimate of drug-likeness (QED) is 0.676. The van der Waals surface area contributed by atoms with Crippen LogP contribution in [0.15, 0.2) is 24.3 Å². The van der Waals surface area contributed by atoms with Crippen LogP contribution in [-0.4, -0.2) is 42.9 Å². The number of hydrogen-bond acceptors (Lipinski definition) is 4. The summed E-state index contributed by atoms with van der Waals surface area (Å²) >= 11 is 0. The van der Waals surface area contributed by atoms with E-state index < -0.39 is 16.1 Å². The average molecular weight is 315 g/mol. The van der Waals surface area contributed by atoms with Crippen molar-refractivity contribution >= 4 is 21.8 Å². The molecule has 21 heavy (non-hydrogen) atoms. The van der Waals surface area contributed by atoms with Crippen LogP contribution in [0.2, 0.25) is 0 Å². The van der Waals surface area contributed by atoms with Crippen LogP contribution in [0.1, 0.15) is 24.8 Å². The minimum absolute atomic E-state index is 0.0701. The number of carbonyl (C=O) groups is 1. The molecule has 0 saturated carbocycles. The molecule has 0 aromatic heterocycles. The number of nitrogens with zero attached hydrogens (tertiary/aromatic N) is 1. The highest BCUT2D eigenvalue weighted by molar-refractivity contribution is 7.85. The van der Waals surface area contributed by atoms with Gasteiger partial charge in [0.05, 0.1) is 5.75 Å². The van der Waals surface area contributed by atoms with E-state index in [1.165, 1.54) is 0 Å². The van der Waals surface area contributed by atoms with E-state index >= 15 is 0 Å². The maximum Gasteiger partial charge on any atom is 0.303 e. The first kappa shape index (κ1) is 17.5. The Labute approximate surface area is 125 Å². The molecule has 1 aromatic carbocycles. The molecule has 1 aromatic rings. The Morgan fingerprint density at radius 1 is 1.14 bits per heavy atom. The second-order valence-electron chi connectivity index (χ2n) is 4.96. The second kappa shape index (κ2) is 7.99. The molecular weight excluding hydrogens is 294 g/mol. The monoisotopic (exact) mass is 315 g/mol. The minimum Gasteiger partial charge on any atom is -0.481 e. The highest BCUT2D eigenvalue weighted by Gasteiger charge is 2.10. The van der Waals surface area contributed by atoms with Gasteiger partial charge in [0.2, 0.25) is 0 Å². The molecule has 118 valence electrons. The molecule has 0 amide bonds. The van der Waals surface area contributed by atoms with Gasteiger partial charge >= 0.3 is 5.97 Å². The third kappa shape index (κ3) is 7.67. The first-order valence-corrected chi connectivity index (χ1v) is 8.37. The normalized spacial score (nSPS) is 11.3. The maximum atomic E-state index is 10.8. The van der Waals surface area contributed by atoms with Gasteiger partial charge in [-0.25, -0.2) is 0 Å². The number of carboxylic acids is 1. The van der Waals surface area contributed by atoms with E-state index in [0.717, 1.165) is 11.3 Å². The summed E-state index contributed by atoms with van der Waals surface area (Å²) < 4.78 is 30.3. The number of aryl methyl sites for hydroxylation is 1. The number of hydrogen-bond donors (Lipinski definition) is 2. The molecule has 0 saturated heterocycles. The summed E-state index contributed by atoms with van der Waals surface area (Å²) in [5.74, 6) is -1.15. The first-order valence-electron chi connectivity index (χ1n) is 6.76. The average Bonchev–Trinajstić information content (AvgIpc) is 2.36. The van der Waals surface area contributed by atoms with Gasteiger partial charge in [0.1, 0.15) is 0 Å². The molecule has 0 radical (unpaired) electrons. The van der Waals surface area contributed by atoms with Crippen molar-refractivity contribution in [3.8, 4) is 0 Å². The molecule has 7 heteroatoms. The Kier molecular flexibility index (Phi) is 6.64. The van der Waals surface area contributed by atoms with Crippen molar-refractivity contribution in [1.82, 2.24) is 0 Å². The number of benzene rings is 1. The molecule has 0 unspecified atom stereocenters. The van der Waals surface area contributed by atoms with Gasteiger partial charge < -0.3 is 10.0 Å². The lowest BCUT2D eigenvalue weighted by Gasteiger charge is -2.24. The van der Waals surface area contributed by atoms with Gasteiger partial charge in [-0.05, 0) is 31.9 Å². The predicted octanol–water partition coefficient (Wildman–Crippen LogP) is 1.94. The van der Waals surface area contributed by atoms with E-state index in [4.69, 9.17) is 9.66 Å². The van der Waals surface area contributed by atoms with Crippen LogP contribution < -0.4 is 4.90 Å². The Morgan fingerprint density at radius 2 is 1.71 bits per heavy atom. The van der Waals surface area contributed by atoms with Gasteiger partial charge in [0, 0.05) is 25.2 Å². The van der Waals surface area contributed by atoms with Gasteiger partial charge in [-0.1, -0.05) is 17.7 Å². The Bertz CT molecular complexity index is 553. The fourth-order valence-electron chi connectivity index (χ4n) is 1.98. The Hall–Kier alpha value is -1.60. The van der Waals surface area contributed by atoms with E-state index in [-0.39, 0.29) is 12.2 Å². The van der Waals surface area contributed by atoms with Gasteiger partial charge in [-0.15, -0.1) is 0 Å². The standard InChI is InChI=1S/C14H21NO5S/c1-12-5-7-13(8-6-12)15(9-2-4-14(16)17)10-3-11-21(18,19)20/h5-8H,2-4,9-11H2,1H3,(H,16,17)(H,18,19,20). The number of anilines is 1. The summed E-state index contributed by atoms with van der Waals surface area (Å²) in [5, 5.41) is 8.69. The van der Waals surface area contributed by atoms with E-state index in [1.807, 2.05) is 36.1 Å². The lowest BCUT2D eigenvalue weighted by Crippen LogP contribution is -2.27. The maximum absolute atomic E-state index is 10.8. The highest BCUT2D eigenvalue weighted by atomic mass is 32.2. The summed E-state index contributed by atoms with van der Waals surface area (Å²) in [6.45, 7) is 2.94. The van der Waals surface area contributed by atoms with Gasteiger partial charge in [-0.2, -0.15) is 8.42 Å². The summed E-state index contributed by atoms with van der Waals surface area (Å²) in [4.78, 5) is 12.5. The zero-order chi connectivity index (χ0) is 15.9. The predicted molar refractivity (Wildman–Crippen MR) is 81.3 cm³/mol. The van der Waals surface area contributed by atoms with Crippen molar-refractivity contribution in [2.45, 2.75) is 26.2 Å². The fraction of sp³-hybridized carbons (Fsp3) is 0.500. The smallest absolute Gasteiger partial charge is 0.303 e. The van der Waals surface area contributed by atoms with Crippen LogP contribution in [0.4, 0.5) is 5.69 Å². The lowest BCUT2D eigenvalue weighted by atomic mass is 10.2. The van der Waals surface area contributed by atoms with Crippen LogP contribution in [0, 0.1) is 6.92 Å². The van der Waals surface area contributed by atoms with Crippen molar-refractivity contribution in [2.24, 2.45) is 0 Å². The number of carboxylic acid groups (broad SMARTS) is 1. The molecule has 0 heterocycles. The molecule has 0 bridgehead atoms. The molecule has 0 spiro atoms. The van der Waals surface area contributed by atoms with E-state index in [0.29, 0.717) is 25.9 Å². The third-order valence-corrected chi connectivity index (χ3v) is 3.85. The topological polar surface area (TPSA) is 94.9 Å². The number of rotatable bonds is 9. The van der Waals surface area contributed by atoms with Crippen molar-refractivity contribution in [2.75, 3.05) is 23.7 Å². The lowest BCUT2D eigenvalue weighted by molar-refractivity contribution is -0.137. The summed E-state index contributed by atoms with van der Waals surface area (Å²) in [7, 11) is -3.96. The Morgan fingerprint density at radius 3 is 2.24 bits per heavy atom. The molecule has 0 fully saturated rings. The highest BCUT2D eigenvalue weighted by Crippen LogP contribution is 2.16. The molecule has 1 rings (SSSR count). The van der Waals surface area contributed by atoms with Gasteiger partial charge in [0.25, 0.3) is 10.1 Å². The molecule has 2 N–H and O–H groups in total. The fourth-order valence-corrected chi connectivity index (χ4v) is 2.48. The summed E-state index contributed by atoms with van der Waals surface area (Å²) in [5.41, 5.74) is 2.03. The number of aliphatic carboxylic acids is 1. The molecule has 0 aliphatic carbocycles. The van der Waals surface area contributed by atoms with Crippen molar-refractivity contribution in [1.29, 1.82) is 0 Å². The zero-order valence-electron chi connectivity index (χ0n) is 12.0. The van der Waals surface area contributed by atoms with Crippen molar-refractivity contribution in [3.05, 3.63) is 29.8 Å². The van der Waals surface area contributed by atoms with Gasteiger partial charge in [0.15, 0.2) is 0 Å². The third-order valence-electron chi connectivity index (χ3n) is 3.05. The summed E-state index contributed by atoms with van der Waals surface area (Å²) in [6, 6.07) is 7.73. The molecule has 0 atom stereocenters. The minimum atomic E-state index is -3.96. The first-order chi connectivity index (χ1) is 9.78. The van der Waals surface area contributed by atoms with Crippen LogP contribution in [0.25, 0.3) is 0 Å². The molecule has 6 nitrogen and oxygen atoms in total. The van der Waals surface area contributed by atoms with E-state index in [1.54, 1.807) is 0 Å². The molecular formula is C14H21NO5S. The van der Waals surface area contributed by atoms with Crippen LogP contribution in [0.3, 0.4) is 0 Å². The van der Waals surface area contributed by atoms with E-state index in [2.05, 4.69) is 0 Å². The van der Waals surface area contributed by atoms with Crippen LogP contribution in [0.5, 0.6) is 0 Å².